The van der Waals surface area contributed by atoms with Gasteiger partial charge in [-0.3, -0.25) is 4.79 Å². The molecule has 3 heteroatoms. The summed E-state index contributed by atoms with van der Waals surface area (Å²) in [6, 6.07) is 5.03. The topological polar surface area (TPSA) is 32.9 Å². The first kappa shape index (κ1) is 12.9. The van der Waals surface area contributed by atoms with Crippen LogP contribution in [0.1, 0.15) is 54.6 Å². The Balaban J connectivity index is 1.73. The van der Waals surface area contributed by atoms with E-state index in [1.165, 1.54) is 44.6 Å². The maximum absolute atomic E-state index is 14.1. The first-order chi connectivity index (χ1) is 10.7. The molecular formula is C19H20FNO. The molecule has 0 unspecified atom stereocenters. The zero-order valence-electron chi connectivity index (χ0n) is 12.6. The van der Waals surface area contributed by atoms with Gasteiger partial charge < -0.3 is 4.98 Å². The molecule has 1 aromatic carbocycles. The Hall–Kier alpha value is -1.64. The average molecular weight is 297 g/mol. The van der Waals surface area contributed by atoms with Crippen molar-refractivity contribution in [2.45, 2.75) is 43.9 Å². The van der Waals surface area contributed by atoms with Crippen LogP contribution in [0.4, 0.5) is 4.39 Å². The van der Waals surface area contributed by atoms with E-state index in [9.17, 15) is 9.18 Å². The van der Waals surface area contributed by atoms with Crippen molar-refractivity contribution in [2.24, 2.45) is 17.8 Å². The predicted octanol–water partition coefficient (Wildman–Crippen LogP) is 4.59. The number of hydrogen-bond acceptors (Lipinski definition) is 1. The summed E-state index contributed by atoms with van der Waals surface area (Å²) in [5.74, 6) is 2.17. The fraction of sp³-hybridized carbons (Fsp3) is 0.526. The molecule has 1 heterocycles. The lowest BCUT2D eigenvalue weighted by Gasteiger charge is -2.56. The number of fused-ring (bicyclic) bond motifs is 1. The maximum atomic E-state index is 14.1. The summed E-state index contributed by atoms with van der Waals surface area (Å²) >= 11 is 0. The molecular weight excluding hydrogens is 277 g/mol. The van der Waals surface area contributed by atoms with Gasteiger partial charge in [0.05, 0.1) is 5.52 Å². The van der Waals surface area contributed by atoms with Crippen molar-refractivity contribution in [3.8, 4) is 0 Å². The van der Waals surface area contributed by atoms with Crippen LogP contribution in [0.5, 0.6) is 0 Å². The van der Waals surface area contributed by atoms with Gasteiger partial charge in [-0.05, 0) is 62.3 Å². The molecule has 1 N–H and O–H groups in total. The first-order valence-electron chi connectivity index (χ1n) is 8.44. The van der Waals surface area contributed by atoms with Crippen LogP contribution < -0.4 is 0 Å². The lowest BCUT2D eigenvalue weighted by molar-refractivity contribution is -0.00711. The summed E-state index contributed by atoms with van der Waals surface area (Å²) in [5.41, 5.74) is 2.34. The second-order valence-electron chi connectivity index (χ2n) is 7.89. The van der Waals surface area contributed by atoms with Crippen LogP contribution >= 0.6 is 0 Å². The Labute approximate surface area is 129 Å². The van der Waals surface area contributed by atoms with Crippen molar-refractivity contribution in [1.82, 2.24) is 4.98 Å². The summed E-state index contributed by atoms with van der Waals surface area (Å²) in [7, 11) is 0. The molecule has 0 saturated heterocycles. The lowest BCUT2D eigenvalue weighted by Crippen LogP contribution is -2.49. The van der Waals surface area contributed by atoms with Crippen molar-refractivity contribution in [3.05, 3.63) is 35.3 Å². The van der Waals surface area contributed by atoms with Gasteiger partial charge in [-0.2, -0.15) is 0 Å². The van der Waals surface area contributed by atoms with Crippen LogP contribution in [0.3, 0.4) is 0 Å². The smallest absolute Gasteiger partial charge is 0.152 e. The molecule has 0 spiro atoms. The van der Waals surface area contributed by atoms with Gasteiger partial charge in [0.25, 0.3) is 0 Å². The number of aromatic amines is 1. The third kappa shape index (κ3) is 1.57. The van der Waals surface area contributed by atoms with Gasteiger partial charge in [0, 0.05) is 22.1 Å². The molecule has 4 saturated carbocycles. The summed E-state index contributed by atoms with van der Waals surface area (Å²) in [5, 5.41) is 0.751. The monoisotopic (exact) mass is 297 g/mol. The number of aromatic nitrogens is 1. The van der Waals surface area contributed by atoms with Crippen LogP contribution in [0.2, 0.25) is 0 Å². The molecule has 6 rings (SSSR count). The number of carbonyl (C=O) groups excluding carboxylic acids is 1. The van der Waals surface area contributed by atoms with Crippen LogP contribution in [-0.2, 0) is 5.41 Å². The number of benzene rings is 1. The van der Waals surface area contributed by atoms with Crippen molar-refractivity contribution in [3.63, 3.8) is 0 Å². The Morgan fingerprint density at radius 2 is 1.73 bits per heavy atom. The predicted molar refractivity (Wildman–Crippen MR) is 83.5 cm³/mol. The van der Waals surface area contributed by atoms with E-state index in [4.69, 9.17) is 0 Å². The van der Waals surface area contributed by atoms with E-state index in [0.717, 1.165) is 35.1 Å². The Kier molecular flexibility index (Phi) is 2.46. The van der Waals surface area contributed by atoms with E-state index in [1.54, 1.807) is 6.07 Å². The van der Waals surface area contributed by atoms with Crippen molar-refractivity contribution < 1.29 is 9.18 Å². The molecule has 0 radical (unpaired) electrons. The standard InChI is InChI=1S/C19H20FNO/c20-16-3-1-2-14-15(10-22)18(21-17(14)16)19-7-11-4-12(8-19)6-13(5-11)9-19/h1-3,10-13,21H,4-9H2. The Morgan fingerprint density at radius 1 is 1.09 bits per heavy atom. The van der Waals surface area contributed by atoms with E-state index >= 15 is 0 Å². The highest BCUT2D eigenvalue weighted by Gasteiger charge is 2.53. The molecule has 4 aliphatic carbocycles. The molecule has 4 fully saturated rings. The van der Waals surface area contributed by atoms with Crippen LogP contribution in [0.15, 0.2) is 18.2 Å². The van der Waals surface area contributed by atoms with Gasteiger partial charge in [-0.25, -0.2) is 4.39 Å². The summed E-state index contributed by atoms with van der Waals surface area (Å²) < 4.78 is 14.1. The summed E-state index contributed by atoms with van der Waals surface area (Å²) in [4.78, 5) is 15.1. The maximum Gasteiger partial charge on any atom is 0.152 e. The third-order valence-electron chi connectivity index (χ3n) is 6.51. The van der Waals surface area contributed by atoms with Crippen molar-refractivity contribution in [1.29, 1.82) is 0 Å². The highest BCUT2D eigenvalue weighted by atomic mass is 19.1. The number of carbonyl (C=O) groups is 1. The molecule has 2 nitrogen and oxygen atoms in total. The molecule has 22 heavy (non-hydrogen) atoms. The minimum absolute atomic E-state index is 0.0937. The quantitative estimate of drug-likeness (QED) is 0.808. The second kappa shape index (κ2) is 4.21. The number of hydrogen-bond donors (Lipinski definition) is 1. The van der Waals surface area contributed by atoms with Gasteiger partial charge in [-0.1, -0.05) is 12.1 Å². The van der Waals surface area contributed by atoms with Gasteiger partial charge in [-0.15, -0.1) is 0 Å². The molecule has 4 aliphatic rings. The summed E-state index contributed by atoms with van der Waals surface area (Å²) in [6.07, 6.45) is 8.56. The molecule has 114 valence electrons. The van der Waals surface area contributed by atoms with E-state index in [2.05, 4.69) is 4.98 Å². The molecule has 0 atom stereocenters. The normalized spacial score (nSPS) is 36.1. The van der Waals surface area contributed by atoms with Crippen LogP contribution in [0, 0.1) is 23.6 Å². The van der Waals surface area contributed by atoms with Crippen molar-refractivity contribution >= 4 is 17.2 Å². The SMILES string of the molecule is O=Cc1c(C23CC4CC(CC(C4)C2)C3)[nH]c2c(F)cccc12. The van der Waals surface area contributed by atoms with E-state index in [1.807, 2.05) is 6.07 Å². The highest BCUT2D eigenvalue weighted by Crippen LogP contribution is 2.61. The number of aldehydes is 1. The van der Waals surface area contributed by atoms with Crippen molar-refractivity contribution in [2.75, 3.05) is 0 Å². The van der Waals surface area contributed by atoms with E-state index in [0.29, 0.717) is 11.1 Å². The molecule has 2 aromatic rings. The van der Waals surface area contributed by atoms with Crippen LogP contribution in [0.25, 0.3) is 10.9 Å². The summed E-state index contributed by atoms with van der Waals surface area (Å²) in [6.45, 7) is 0. The molecule has 0 aliphatic heterocycles. The van der Waals surface area contributed by atoms with E-state index < -0.39 is 0 Å². The minimum atomic E-state index is -0.253. The first-order valence-corrected chi connectivity index (χ1v) is 8.44. The molecule has 0 amide bonds. The lowest BCUT2D eigenvalue weighted by atomic mass is 9.48. The molecule has 1 aromatic heterocycles. The highest BCUT2D eigenvalue weighted by molar-refractivity contribution is 5.99. The zero-order valence-corrected chi connectivity index (χ0v) is 12.6. The van der Waals surface area contributed by atoms with Gasteiger partial charge in [0.15, 0.2) is 6.29 Å². The fourth-order valence-electron chi connectivity index (χ4n) is 6.16. The fourth-order valence-corrected chi connectivity index (χ4v) is 6.16. The van der Waals surface area contributed by atoms with E-state index in [-0.39, 0.29) is 11.2 Å². The average Bonchev–Trinajstić information content (AvgIpc) is 2.86. The van der Waals surface area contributed by atoms with Gasteiger partial charge in [0.2, 0.25) is 0 Å². The number of halogens is 1. The number of H-pyrrole nitrogens is 1. The Morgan fingerprint density at radius 3 is 2.32 bits per heavy atom. The Bertz CT molecular complexity index is 740. The van der Waals surface area contributed by atoms with Gasteiger partial charge >= 0.3 is 0 Å². The largest absolute Gasteiger partial charge is 0.355 e. The number of rotatable bonds is 2. The van der Waals surface area contributed by atoms with Crippen LogP contribution in [-0.4, -0.2) is 11.3 Å². The third-order valence-corrected chi connectivity index (χ3v) is 6.51. The van der Waals surface area contributed by atoms with Gasteiger partial charge in [0.1, 0.15) is 5.82 Å². The second-order valence-corrected chi connectivity index (χ2v) is 7.89. The number of para-hydroxylation sites is 1. The molecule has 4 bridgehead atoms. The zero-order chi connectivity index (χ0) is 14.9. The minimum Gasteiger partial charge on any atom is -0.355 e. The number of nitrogens with one attached hydrogen (secondary N) is 1.